The summed E-state index contributed by atoms with van der Waals surface area (Å²) in [6.45, 7) is 0. The van der Waals surface area contributed by atoms with Crippen LogP contribution < -0.4 is 0 Å². The van der Waals surface area contributed by atoms with Gasteiger partial charge in [-0.1, -0.05) is 12.1 Å². The normalized spacial score (nSPS) is 18.6. The van der Waals surface area contributed by atoms with Crippen molar-refractivity contribution in [1.82, 2.24) is 0 Å². The lowest BCUT2D eigenvalue weighted by atomic mass is 10.0. The predicted octanol–water partition coefficient (Wildman–Crippen LogP) is 2.02. The zero-order valence-electron chi connectivity index (χ0n) is 9.38. The molecular weight excluding hydrogens is 220 g/mol. The molecule has 1 aliphatic rings. The Labute approximate surface area is 98.8 Å². The van der Waals surface area contributed by atoms with Gasteiger partial charge < -0.3 is 9.47 Å². The molecule has 0 spiro atoms. The van der Waals surface area contributed by atoms with Gasteiger partial charge in [-0.05, 0) is 17.7 Å². The standard InChI is InChI=1S/C13H12O4/c1-16-13(15)10-4-2-9(3-5-10)12-8-11(14)6-7-17-12/h2-7,12H,8H2,1H3. The number of allylic oxidation sites excluding steroid dienone is 1. The van der Waals surface area contributed by atoms with E-state index in [0.29, 0.717) is 12.0 Å². The summed E-state index contributed by atoms with van der Waals surface area (Å²) in [6.07, 6.45) is 2.89. The summed E-state index contributed by atoms with van der Waals surface area (Å²) in [6, 6.07) is 6.85. The van der Waals surface area contributed by atoms with Gasteiger partial charge in [0.25, 0.3) is 0 Å². The summed E-state index contributed by atoms with van der Waals surface area (Å²) in [5.41, 5.74) is 1.35. The van der Waals surface area contributed by atoms with E-state index in [2.05, 4.69) is 4.74 Å². The Kier molecular flexibility index (Phi) is 3.23. The van der Waals surface area contributed by atoms with Crippen molar-refractivity contribution in [3.8, 4) is 0 Å². The van der Waals surface area contributed by atoms with Crippen LogP contribution in [0.25, 0.3) is 0 Å². The number of ketones is 1. The van der Waals surface area contributed by atoms with E-state index >= 15 is 0 Å². The van der Waals surface area contributed by atoms with E-state index < -0.39 is 0 Å². The fraction of sp³-hybridized carbons (Fsp3) is 0.231. The fourth-order valence-electron chi connectivity index (χ4n) is 1.66. The SMILES string of the molecule is COC(=O)c1ccc(C2CC(=O)C=CO2)cc1. The first-order valence-electron chi connectivity index (χ1n) is 5.24. The first kappa shape index (κ1) is 11.4. The maximum Gasteiger partial charge on any atom is 0.337 e. The number of rotatable bonds is 2. The second-order valence-corrected chi connectivity index (χ2v) is 3.71. The Balaban J connectivity index is 2.15. The van der Waals surface area contributed by atoms with E-state index in [-0.39, 0.29) is 17.9 Å². The van der Waals surface area contributed by atoms with Crippen LogP contribution in [0.3, 0.4) is 0 Å². The highest BCUT2D eigenvalue weighted by Crippen LogP contribution is 2.25. The molecule has 4 heteroatoms. The number of carbonyl (C=O) groups excluding carboxylic acids is 2. The van der Waals surface area contributed by atoms with Crippen LogP contribution in [0.5, 0.6) is 0 Å². The number of ether oxygens (including phenoxy) is 2. The van der Waals surface area contributed by atoms with Crippen LogP contribution in [-0.2, 0) is 14.3 Å². The molecule has 0 aromatic heterocycles. The maximum atomic E-state index is 11.2. The first-order valence-corrected chi connectivity index (χ1v) is 5.24. The van der Waals surface area contributed by atoms with E-state index in [0.717, 1.165) is 5.56 Å². The summed E-state index contributed by atoms with van der Waals surface area (Å²) in [5.74, 6) is -0.338. The van der Waals surface area contributed by atoms with Crippen LogP contribution in [0.1, 0.15) is 28.4 Å². The van der Waals surface area contributed by atoms with Gasteiger partial charge in [0, 0.05) is 6.08 Å². The molecule has 2 rings (SSSR count). The Hall–Kier alpha value is -2.10. The zero-order valence-corrected chi connectivity index (χ0v) is 9.38. The van der Waals surface area contributed by atoms with Crippen molar-refractivity contribution in [3.05, 3.63) is 47.7 Å². The number of esters is 1. The third-order valence-electron chi connectivity index (χ3n) is 2.59. The van der Waals surface area contributed by atoms with E-state index in [1.165, 1.54) is 19.4 Å². The zero-order chi connectivity index (χ0) is 12.3. The Morgan fingerprint density at radius 2 is 2.06 bits per heavy atom. The van der Waals surface area contributed by atoms with Gasteiger partial charge in [-0.15, -0.1) is 0 Å². The van der Waals surface area contributed by atoms with Crippen LogP contribution in [0, 0.1) is 0 Å². The van der Waals surface area contributed by atoms with Gasteiger partial charge in [0.05, 0.1) is 25.4 Å². The molecule has 0 bridgehead atoms. The van der Waals surface area contributed by atoms with Crippen LogP contribution in [-0.4, -0.2) is 18.9 Å². The van der Waals surface area contributed by atoms with Crippen LogP contribution in [0.15, 0.2) is 36.6 Å². The van der Waals surface area contributed by atoms with Crippen molar-refractivity contribution in [2.24, 2.45) is 0 Å². The molecule has 1 aliphatic heterocycles. The van der Waals surface area contributed by atoms with Crippen molar-refractivity contribution in [1.29, 1.82) is 0 Å². The van der Waals surface area contributed by atoms with Gasteiger partial charge in [0.1, 0.15) is 6.10 Å². The Bertz CT molecular complexity index is 459. The number of hydrogen-bond donors (Lipinski definition) is 0. The first-order chi connectivity index (χ1) is 8.20. The molecule has 88 valence electrons. The van der Waals surface area contributed by atoms with E-state index in [1.807, 2.05) is 0 Å². The van der Waals surface area contributed by atoms with Crippen LogP contribution >= 0.6 is 0 Å². The molecule has 4 nitrogen and oxygen atoms in total. The summed E-state index contributed by atoms with van der Waals surface area (Å²) in [4.78, 5) is 22.5. The molecular formula is C13H12O4. The van der Waals surface area contributed by atoms with Crippen molar-refractivity contribution in [2.75, 3.05) is 7.11 Å². The molecule has 1 aromatic rings. The lowest BCUT2D eigenvalue weighted by Gasteiger charge is -2.18. The van der Waals surface area contributed by atoms with Gasteiger partial charge >= 0.3 is 5.97 Å². The predicted molar refractivity (Wildman–Crippen MR) is 60.4 cm³/mol. The Morgan fingerprint density at radius 3 is 2.65 bits per heavy atom. The third-order valence-corrected chi connectivity index (χ3v) is 2.59. The third kappa shape index (κ3) is 2.53. The number of carbonyl (C=O) groups is 2. The van der Waals surface area contributed by atoms with E-state index in [1.54, 1.807) is 24.3 Å². The van der Waals surface area contributed by atoms with Crippen molar-refractivity contribution >= 4 is 11.8 Å². The molecule has 1 aromatic carbocycles. The average Bonchev–Trinajstić information content (AvgIpc) is 2.38. The maximum absolute atomic E-state index is 11.2. The highest BCUT2D eigenvalue weighted by Gasteiger charge is 2.18. The smallest absolute Gasteiger partial charge is 0.337 e. The lowest BCUT2D eigenvalue weighted by Crippen LogP contribution is -2.11. The van der Waals surface area contributed by atoms with Crippen molar-refractivity contribution in [3.63, 3.8) is 0 Å². The lowest BCUT2D eigenvalue weighted by molar-refractivity contribution is -0.118. The van der Waals surface area contributed by atoms with E-state index in [4.69, 9.17) is 4.74 Å². The van der Waals surface area contributed by atoms with Gasteiger partial charge in [-0.25, -0.2) is 4.79 Å². The van der Waals surface area contributed by atoms with Crippen molar-refractivity contribution < 1.29 is 19.1 Å². The molecule has 0 fully saturated rings. The molecule has 1 unspecified atom stereocenters. The molecule has 17 heavy (non-hydrogen) atoms. The summed E-state index contributed by atoms with van der Waals surface area (Å²) in [7, 11) is 1.34. The summed E-state index contributed by atoms with van der Waals surface area (Å²) >= 11 is 0. The van der Waals surface area contributed by atoms with Gasteiger partial charge in [0.2, 0.25) is 0 Å². The highest BCUT2D eigenvalue weighted by molar-refractivity contribution is 5.91. The number of methoxy groups -OCH3 is 1. The van der Waals surface area contributed by atoms with Crippen LogP contribution in [0.4, 0.5) is 0 Å². The molecule has 0 saturated heterocycles. The monoisotopic (exact) mass is 232 g/mol. The van der Waals surface area contributed by atoms with Gasteiger partial charge in [-0.3, -0.25) is 4.79 Å². The Morgan fingerprint density at radius 1 is 1.35 bits per heavy atom. The van der Waals surface area contributed by atoms with E-state index in [9.17, 15) is 9.59 Å². The summed E-state index contributed by atoms with van der Waals surface area (Å²) < 4.78 is 9.95. The summed E-state index contributed by atoms with van der Waals surface area (Å²) in [5, 5.41) is 0. The largest absolute Gasteiger partial charge is 0.493 e. The minimum atomic E-state index is -0.378. The molecule has 0 N–H and O–H groups in total. The molecule has 0 amide bonds. The number of hydrogen-bond acceptors (Lipinski definition) is 4. The van der Waals surface area contributed by atoms with Gasteiger partial charge in [0.15, 0.2) is 5.78 Å². The molecule has 1 atom stereocenters. The van der Waals surface area contributed by atoms with Crippen LogP contribution in [0.2, 0.25) is 0 Å². The highest BCUT2D eigenvalue weighted by atomic mass is 16.5. The molecule has 1 heterocycles. The quantitative estimate of drug-likeness (QED) is 0.732. The molecule has 0 saturated carbocycles. The minimum Gasteiger partial charge on any atom is -0.493 e. The second kappa shape index (κ2) is 4.82. The average molecular weight is 232 g/mol. The fourth-order valence-corrected chi connectivity index (χ4v) is 1.66. The van der Waals surface area contributed by atoms with Crippen molar-refractivity contribution in [2.45, 2.75) is 12.5 Å². The minimum absolute atomic E-state index is 0.0401. The second-order valence-electron chi connectivity index (χ2n) is 3.71. The topological polar surface area (TPSA) is 52.6 Å². The molecule has 0 aliphatic carbocycles. The number of benzene rings is 1. The molecule has 0 radical (unpaired) electrons. The van der Waals surface area contributed by atoms with Gasteiger partial charge in [-0.2, -0.15) is 0 Å².